The standard InChI is InChI=1S/C23H18N4O2S2/c1-14-13-17(22-26-19-6-4-12-24-23(19)30-22)10-11-18(14)27-31(28,29)20-7-3-5-16-9-8-15(2)25-21(16)20/h3-13,27H,1-2H3. The molecule has 31 heavy (non-hydrogen) atoms. The molecule has 3 aromatic heterocycles. The molecular formula is C23H18N4O2S2. The van der Waals surface area contributed by atoms with Crippen molar-refractivity contribution >= 4 is 48.3 Å². The predicted molar refractivity (Wildman–Crippen MR) is 125 cm³/mol. The number of rotatable bonds is 4. The first-order valence-corrected chi connectivity index (χ1v) is 11.9. The molecule has 1 N–H and O–H groups in total. The molecule has 5 rings (SSSR count). The monoisotopic (exact) mass is 446 g/mol. The lowest BCUT2D eigenvalue weighted by Gasteiger charge is -2.13. The summed E-state index contributed by atoms with van der Waals surface area (Å²) >= 11 is 1.51. The van der Waals surface area contributed by atoms with E-state index in [1.54, 1.807) is 24.4 Å². The van der Waals surface area contributed by atoms with Crippen LogP contribution >= 0.6 is 11.3 Å². The van der Waals surface area contributed by atoms with E-state index in [9.17, 15) is 8.42 Å². The number of nitrogens with one attached hydrogen (secondary N) is 1. The second-order valence-electron chi connectivity index (χ2n) is 7.26. The second kappa shape index (κ2) is 7.40. The third-order valence-corrected chi connectivity index (χ3v) is 7.42. The summed E-state index contributed by atoms with van der Waals surface area (Å²) in [6.45, 7) is 3.72. The van der Waals surface area contributed by atoms with Gasteiger partial charge in [-0.05, 0) is 61.9 Å². The fourth-order valence-corrected chi connectivity index (χ4v) is 5.65. The zero-order valence-electron chi connectivity index (χ0n) is 16.8. The van der Waals surface area contributed by atoms with Gasteiger partial charge in [0.15, 0.2) is 0 Å². The lowest BCUT2D eigenvalue weighted by atomic mass is 10.1. The van der Waals surface area contributed by atoms with Gasteiger partial charge >= 0.3 is 0 Å². The highest BCUT2D eigenvalue weighted by Crippen LogP contribution is 2.32. The van der Waals surface area contributed by atoms with Gasteiger partial charge in [-0.2, -0.15) is 0 Å². The fourth-order valence-electron chi connectivity index (χ4n) is 3.44. The van der Waals surface area contributed by atoms with Gasteiger partial charge in [0.05, 0.1) is 11.2 Å². The Hall–Kier alpha value is -3.36. The summed E-state index contributed by atoms with van der Waals surface area (Å²) in [7, 11) is -3.81. The van der Waals surface area contributed by atoms with Gasteiger partial charge in [-0.3, -0.25) is 9.71 Å². The van der Waals surface area contributed by atoms with E-state index in [2.05, 4.69) is 19.7 Å². The molecule has 0 unspecified atom stereocenters. The van der Waals surface area contributed by atoms with Crippen LogP contribution in [0.3, 0.4) is 0 Å². The number of hydrogen-bond donors (Lipinski definition) is 1. The van der Waals surface area contributed by atoms with E-state index in [1.165, 1.54) is 11.3 Å². The number of nitrogens with zero attached hydrogens (tertiary/aromatic N) is 3. The molecule has 0 saturated carbocycles. The van der Waals surface area contributed by atoms with Crippen LogP contribution in [0.15, 0.2) is 71.8 Å². The Labute approximate surface area is 183 Å². The Morgan fingerprint density at radius 1 is 0.935 bits per heavy atom. The Kier molecular flexibility index (Phi) is 4.68. The van der Waals surface area contributed by atoms with Crippen LogP contribution < -0.4 is 4.72 Å². The minimum atomic E-state index is -3.81. The lowest BCUT2D eigenvalue weighted by Crippen LogP contribution is -2.14. The van der Waals surface area contributed by atoms with Crippen molar-refractivity contribution in [3.05, 3.63) is 78.1 Å². The zero-order valence-corrected chi connectivity index (χ0v) is 18.5. The van der Waals surface area contributed by atoms with E-state index in [0.29, 0.717) is 11.2 Å². The summed E-state index contributed by atoms with van der Waals surface area (Å²) in [6, 6.07) is 18.3. The van der Waals surface area contributed by atoms with E-state index in [4.69, 9.17) is 0 Å². The number of hydrogen-bond acceptors (Lipinski definition) is 6. The number of aryl methyl sites for hydroxylation is 2. The maximum atomic E-state index is 13.2. The van der Waals surface area contributed by atoms with E-state index in [0.717, 1.165) is 37.6 Å². The van der Waals surface area contributed by atoms with Crippen molar-refractivity contribution in [3.8, 4) is 10.6 Å². The molecule has 0 saturated heterocycles. The van der Waals surface area contributed by atoms with Crippen LogP contribution in [-0.4, -0.2) is 23.4 Å². The van der Waals surface area contributed by atoms with Crippen molar-refractivity contribution in [2.75, 3.05) is 4.72 Å². The van der Waals surface area contributed by atoms with Crippen molar-refractivity contribution in [3.63, 3.8) is 0 Å². The molecule has 0 bridgehead atoms. The molecular weight excluding hydrogens is 428 g/mol. The van der Waals surface area contributed by atoms with Crippen molar-refractivity contribution in [1.29, 1.82) is 0 Å². The minimum absolute atomic E-state index is 0.162. The fraction of sp³-hybridized carbons (Fsp3) is 0.0870. The molecule has 8 heteroatoms. The summed E-state index contributed by atoms with van der Waals surface area (Å²) in [6.07, 6.45) is 1.75. The molecule has 2 aromatic carbocycles. The van der Waals surface area contributed by atoms with Crippen LogP contribution in [-0.2, 0) is 10.0 Å². The van der Waals surface area contributed by atoms with Gasteiger partial charge in [-0.1, -0.05) is 29.5 Å². The van der Waals surface area contributed by atoms with E-state index >= 15 is 0 Å². The molecule has 5 aromatic rings. The van der Waals surface area contributed by atoms with Crippen LogP contribution in [0.5, 0.6) is 0 Å². The molecule has 0 amide bonds. The number of thiazole rings is 1. The molecule has 0 radical (unpaired) electrons. The first kappa shape index (κ1) is 19.6. The number of fused-ring (bicyclic) bond motifs is 2. The second-order valence-corrected chi connectivity index (χ2v) is 9.89. The topological polar surface area (TPSA) is 84.8 Å². The maximum Gasteiger partial charge on any atom is 0.264 e. The van der Waals surface area contributed by atoms with Gasteiger partial charge in [0.25, 0.3) is 10.0 Å². The number of anilines is 1. The average Bonchev–Trinajstić information content (AvgIpc) is 3.19. The van der Waals surface area contributed by atoms with Crippen molar-refractivity contribution in [1.82, 2.24) is 15.0 Å². The highest BCUT2D eigenvalue weighted by atomic mass is 32.2. The molecule has 154 valence electrons. The van der Waals surface area contributed by atoms with E-state index < -0.39 is 10.0 Å². The smallest absolute Gasteiger partial charge is 0.264 e. The van der Waals surface area contributed by atoms with Gasteiger partial charge in [-0.25, -0.2) is 18.4 Å². The highest BCUT2D eigenvalue weighted by Gasteiger charge is 2.20. The molecule has 0 aliphatic heterocycles. The van der Waals surface area contributed by atoms with Crippen LogP contribution in [0, 0.1) is 13.8 Å². The molecule has 3 heterocycles. The summed E-state index contributed by atoms with van der Waals surface area (Å²) < 4.78 is 29.1. The first-order chi connectivity index (χ1) is 14.9. The summed E-state index contributed by atoms with van der Waals surface area (Å²) in [4.78, 5) is 14.5. The number of pyridine rings is 2. The van der Waals surface area contributed by atoms with Gasteiger partial charge in [0.1, 0.15) is 20.3 Å². The number of sulfonamides is 1. The molecule has 0 aliphatic carbocycles. The SMILES string of the molecule is Cc1ccc2cccc(S(=O)(=O)Nc3ccc(-c4nc5cccnc5s4)cc3C)c2n1. The molecule has 0 aliphatic rings. The van der Waals surface area contributed by atoms with E-state index in [1.807, 2.05) is 56.3 Å². The molecule has 0 spiro atoms. The Morgan fingerprint density at radius 2 is 1.81 bits per heavy atom. The Morgan fingerprint density at radius 3 is 2.61 bits per heavy atom. The summed E-state index contributed by atoms with van der Waals surface area (Å²) in [5.74, 6) is 0. The normalized spacial score (nSPS) is 11.8. The molecule has 0 fully saturated rings. The van der Waals surface area contributed by atoms with Crippen LogP contribution in [0.4, 0.5) is 5.69 Å². The molecule has 6 nitrogen and oxygen atoms in total. The van der Waals surface area contributed by atoms with Crippen LogP contribution in [0.25, 0.3) is 31.8 Å². The minimum Gasteiger partial charge on any atom is -0.279 e. The van der Waals surface area contributed by atoms with Crippen LogP contribution in [0.1, 0.15) is 11.3 Å². The number of para-hydroxylation sites is 1. The van der Waals surface area contributed by atoms with Gasteiger partial charge in [0.2, 0.25) is 0 Å². The summed E-state index contributed by atoms with van der Waals surface area (Å²) in [5.41, 5.74) is 4.33. The van der Waals surface area contributed by atoms with Gasteiger partial charge in [0, 0.05) is 22.8 Å². The van der Waals surface area contributed by atoms with E-state index in [-0.39, 0.29) is 4.90 Å². The van der Waals surface area contributed by atoms with Crippen molar-refractivity contribution in [2.45, 2.75) is 18.7 Å². The number of benzene rings is 2. The predicted octanol–water partition coefficient (Wildman–Crippen LogP) is 5.32. The third-order valence-electron chi connectivity index (χ3n) is 5.00. The quantitative estimate of drug-likeness (QED) is 0.404. The maximum absolute atomic E-state index is 13.2. The zero-order chi connectivity index (χ0) is 21.6. The largest absolute Gasteiger partial charge is 0.279 e. The van der Waals surface area contributed by atoms with Gasteiger partial charge in [-0.15, -0.1) is 0 Å². The average molecular weight is 447 g/mol. The Bertz CT molecular complexity index is 1530. The third kappa shape index (κ3) is 3.64. The van der Waals surface area contributed by atoms with Crippen LogP contribution in [0.2, 0.25) is 0 Å². The Balaban J connectivity index is 1.51. The summed E-state index contributed by atoms with van der Waals surface area (Å²) in [5, 5.41) is 1.63. The lowest BCUT2D eigenvalue weighted by molar-refractivity contribution is 0.602. The molecule has 0 atom stereocenters. The van der Waals surface area contributed by atoms with Gasteiger partial charge < -0.3 is 0 Å². The van der Waals surface area contributed by atoms with Crippen molar-refractivity contribution < 1.29 is 8.42 Å². The number of aromatic nitrogens is 3. The highest BCUT2D eigenvalue weighted by molar-refractivity contribution is 7.93. The first-order valence-electron chi connectivity index (χ1n) is 9.62. The van der Waals surface area contributed by atoms with Crippen molar-refractivity contribution in [2.24, 2.45) is 0 Å².